The van der Waals surface area contributed by atoms with Crippen molar-refractivity contribution in [1.29, 1.82) is 0 Å². The Hall–Kier alpha value is -0.410. The zero-order valence-electron chi connectivity index (χ0n) is 7.17. The molecule has 0 aromatic carbocycles. The third kappa shape index (κ3) is 1.52. The molecule has 0 amide bonds. The number of aryl methyl sites for hydroxylation is 1. The van der Waals surface area contributed by atoms with Gasteiger partial charge in [0.1, 0.15) is 11.1 Å². The molecule has 0 saturated carbocycles. The van der Waals surface area contributed by atoms with E-state index >= 15 is 0 Å². The summed E-state index contributed by atoms with van der Waals surface area (Å²) >= 11 is 1.93. The minimum absolute atomic E-state index is 0.383. The lowest BCUT2D eigenvalue weighted by molar-refractivity contribution is 0.469. The van der Waals surface area contributed by atoms with Gasteiger partial charge in [0, 0.05) is 0 Å². The second-order valence-corrected chi connectivity index (χ2v) is 4.24. The fourth-order valence-corrected chi connectivity index (χ4v) is 2.56. The Morgan fingerprint density at radius 2 is 2.58 bits per heavy atom. The van der Waals surface area contributed by atoms with Crippen LogP contribution in [-0.2, 0) is 0 Å². The summed E-state index contributed by atoms with van der Waals surface area (Å²) < 4.78 is 5.42. The quantitative estimate of drug-likeness (QED) is 0.723. The molecule has 0 spiro atoms. The second kappa shape index (κ2) is 3.54. The summed E-state index contributed by atoms with van der Waals surface area (Å²) in [4.78, 5) is 0. The molecule has 1 aliphatic rings. The highest BCUT2D eigenvalue weighted by molar-refractivity contribution is 7.99. The molecule has 1 aliphatic heterocycles. The highest BCUT2D eigenvalue weighted by Crippen LogP contribution is 2.31. The van der Waals surface area contributed by atoms with Crippen LogP contribution in [0.4, 0.5) is 0 Å². The number of hydrogen-bond donors (Lipinski definition) is 1. The Kier molecular flexibility index (Phi) is 2.42. The first-order valence-electron chi connectivity index (χ1n) is 4.27. The summed E-state index contributed by atoms with van der Waals surface area (Å²) in [6.07, 6.45) is 3.03. The van der Waals surface area contributed by atoms with E-state index in [1.165, 1.54) is 17.7 Å². The molecule has 1 unspecified atom stereocenters. The minimum atomic E-state index is 0.383. The number of thioether (sulfide) groups is 1. The topological polar surface area (TPSA) is 25.2 Å². The van der Waals surface area contributed by atoms with E-state index < -0.39 is 0 Å². The molecule has 3 heteroatoms. The van der Waals surface area contributed by atoms with E-state index in [1.807, 2.05) is 17.8 Å². The van der Waals surface area contributed by atoms with Gasteiger partial charge in [-0.05, 0) is 37.3 Å². The number of hydrogen-bond acceptors (Lipinski definition) is 3. The maximum atomic E-state index is 5.42. The third-order valence-electron chi connectivity index (χ3n) is 2.08. The van der Waals surface area contributed by atoms with E-state index in [0.717, 1.165) is 12.3 Å². The van der Waals surface area contributed by atoms with Crippen molar-refractivity contribution < 1.29 is 4.42 Å². The first-order valence-corrected chi connectivity index (χ1v) is 5.32. The maximum Gasteiger partial charge on any atom is 0.133 e. The zero-order chi connectivity index (χ0) is 8.39. The van der Waals surface area contributed by atoms with Crippen LogP contribution in [0.2, 0.25) is 0 Å². The van der Waals surface area contributed by atoms with Gasteiger partial charge in [-0.2, -0.15) is 0 Å². The first kappa shape index (κ1) is 8.20. The van der Waals surface area contributed by atoms with Crippen LogP contribution in [0.5, 0.6) is 0 Å². The van der Waals surface area contributed by atoms with Crippen molar-refractivity contribution in [3.05, 3.63) is 23.7 Å². The van der Waals surface area contributed by atoms with Gasteiger partial charge in [0.25, 0.3) is 0 Å². The van der Waals surface area contributed by atoms with E-state index in [9.17, 15) is 0 Å². The van der Waals surface area contributed by atoms with Crippen LogP contribution >= 0.6 is 11.8 Å². The maximum absolute atomic E-state index is 5.42. The van der Waals surface area contributed by atoms with Gasteiger partial charge in [0.05, 0.1) is 6.26 Å². The molecule has 1 aromatic rings. The first-order chi connectivity index (χ1) is 5.88. The van der Waals surface area contributed by atoms with Crippen LogP contribution in [0.15, 0.2) is 16.7 Å². The Morgan fingerprint density at radius 3 is 3.17 bits per heavy atom. The predicted octanol–water partition coefficient (Wildman–Crippen LogP) is 2.31. The van der Waals surface area contributed by atoms with E-state index in [4.69, 9.17) is 4.42 Å². The average molecular weight is 183 g/mol. The largest absolute Gasteiger partial charge is 0.466 e. The fourth-order valence-electron chi connectivity index (χ4n) is 1.39. The highest BCUT2D eigenvalue weighted by atomic mass is 32.2. The van der Waals surface area contributed by atoms with Gasteiger partial charge in [0.2, 0.25) is 0 Å². The lowest BCUT2D eigenvalue weighted by Gasteiger charge is -2.21. The van der Waals surface area contributed by atoms with Gasteiger partial charge >= 0.3 is 0 Å². The minimum Gasteiger partial charge on any atom is -0.466 e. The molecule has 1 aromatic heterocycles. The molecule has 2 rings (SSSR count). The van der Waals surface area contributed by atoms with Crippen molar-refractivity contribution in [1.82, 2.24) is 5.32 Å². The molecule has 0 bridgehead atoms. The van der Waals surface area contributed by atoms with Crippen LogP contribution < -0.4 is 5.32 Å². The van der Waals surface area contributed by atoms with Crippen LogP contribution in [0.1, 0.15) is 23.1 Å². The zero-order valence-corrected chi connectivity index (χ0v) is 7.99. The Bertz CT molecular complexity index is 253. The van der Waals surface area contributed by atoms with Crippen molar-refractivity contribution in [3.63, 3.8) is 0 Å². The highest BCUT2D eigenvalue weighted by Gasteiger charge is 2.19. The van der Waals surface area contributed by atoms with Crippen molar-refractivity contribution in [2.45, 2.75) is 18.7 Å². The smallest absolute Gasteiger partial charge is 0.133 e. The SMILES string of the molecule is Cc1ccoc1C1NCCCS1. The second-order valence-electron chi connectivity index (χ2n) is 3.03. The van der Waals surface area contributed by atoms with Crippen LogP contribution in [0.3, 0.4) is 0 Å². The van der Waals surface area contributed by atoms with Gasteiger partial charge < -0.3 is 4.42 Å². The van der Waals surface area contributed by atoms with Crippen molar-refractivity contribution in [3.8, 4) is 0 Å². The molecule has 12 heavy (non-hydrogen) atoms. The summed E-state index contributed by atoms with van der Waals surface area (Å²) in [7, 11) is 0. The molecule has 2 heterocycles. The molecule has 0 aliphatic carbocycles. The Labute approximate surface area is 76.7 Å². The summed E-state index contributed by atoms with van der Waals surface area (Å²) in [6.45, 7) is 3.20. The van der Waals surface area contributed by atoms with E-state index in [0.29, 0.717) is 5.37 Å². The van der Waals surface area contributed by atoms with Gasteiger partial charge in [0.15, 0.2) is 0 Å². The van der Waals surface area contributed by atoms with Gasteiger partial charge in [-0.3, -0.25) is 5.32 Å². The van der Waals surface area contributed by atoms with Gasteiger partial charge in [-0.1, -0.05) is 0 Å². The van der Waals surface area contributed by atoms with E-state index in [2.05, 4.69) is 12.2 Å². The molecule has 2 nitrogen and oxygen atoms in total. The molecule has 1 N–H and O–H groups in total. The molecule has 1 atom stereocenters. The lowest BCUT2D eigenvalue weighted by atomic mass is 10.3. The van der Waals surface area contributed by atoms with Gasteiger partial charge in [-0.15, -0.1) is 11.8 Å². The van der Waals surface area contributed by atoms with E-state index in [1.54, 1.807) is 6.26 Å². The molecular weight excluding hydrogens is 170 g/mol. The molecule has 66 valence electrons. The molecule has 1 fully saturated rings. The molecule has 1 saturated heterocycles. The summed E-state index contributed by atoms with van der Waals surface area (Å²) in [5.41, 5.74) is 1.25. The standard InChI is InChI=1S/C9H13NOS/c1-7-3-5-11-8(7)9-10-4-2-6-12-9/h3,5,9-10H,2,4,6H2,1H3. The fraction of sp³-hybridized carbons (Fsp3) is 0.556. The Balaban J connectivity index is 2.13. The molecular formula is C9H13NOS. The average Bonchev–Trinajstić information content (AvgIpc) is 2.53. The third-order valence-corrected chi connectivity index (χ3v) is 3.31. The number of rotatable bonds is 1. The van der Waals surface area contributed by atoms with Crippen molar-refractivity contribution in [2.24, 2.45) is 0 Å². The predicted molar refractivity (Wildman–Crippen MR) is 51.3 cm³/mol. The van der Waals surface area contributed by atoms with Crippen molar-refractivity contribution >= 4 is 11.8 Å². The monoisotopic (exact) mass is 183 g/mol. The molecule has 0 radical (unpaired) electrons. The summed E-state index contributed by atoms with van der Waals surface area (Å²) in [6, 6.07) is 2.02. The Morgan fingerprint density at radius 1 is 1.67 bits per heavy atom. The number of furan rings is 1. The summed E-state index contributed by atoms with van der Waals surface area (Å²) in [5.74, 6) is 2.33. The van der Waals surface area contributed by atoms with Crippen LogP contribution in [0.25, 0.3) is 0 Å². The number of nitrogens with one attached hydrogen (secondary N) is 1. The summed E-state index contributed by atoms with van der Waals surface area (Å²) in [5, 5.41) is 3.81. The lowest BCUT2D eigenvalue weighted by Crippen LogP contribution is -2.25. The normalized spacial score (nSPS) is 24.2. The van der Waals surface area contributed by atoms with Crippen LogP contribution in [-0.4, -0.2) is 12.3 Å². The van der Waals surface area contributed by atoms with Crippen LogP contribution in [0, 0.1) is 6.92 Å². The van der Waals surface area contributed by atoms with Crippen molar-refractivity contribution in [2.75, 3.05) is 12.3 Å². The van der Waals surface area contributed by atoms with E-state index in [-0.39, 0.29) is 0 Å². The van der Waals surface area contributed by atoms with Gasteiger partial charge in [-0.25, -0.2) is 0 Å².